The van der Waals surface area contributed by atoms with Gasteiger partial charge in [-0.15, -0.1) is 0 Å². The summed E-state index contributed by atoms with van der Waals surface area (Å²) < 4.78 is 0. The zero-order chi connectivity index (χ0) is 15.0. The minimum Gasteiger partial charge on any atom is -0.368 e. The molecule has 0 saturated heterocycles. The first kappa shape index (κ1) is 18.6. The van der Waals surface area contributed by atoms with Gasteiger partial charge in [-0.05, 0) is 0 Å². The van der Waals surface area contributed by atoms with E-state index in [0.29, 0.717) is 0 Å². The third kappa shape index (κ3) is 6.55. The van der Waals surface area contributed by atoms with Crippen LogP contribution < -0.4 is 16.8 Å². The molecule has 0 fully saturated rings. The van der Waals surface area contributed by atoms with Crippen LogP contribution >= 0.6 is 37.9 Å². The lowest BCUT2D eigenvalue weighted by molar-refractivity contribution is -0.131. The van der Waals surface area contributed by atoms with Crippen molar-refractivity contribution < 1.29 is 14.4 Å². The van der Waals surface area contributed by atoms with Gasteiger partial charge in [0.1, 0.15) is 6.04 Å². The van der Waals surface area contributed by atoms with Gasteiger partial charge in [0.15, 0.2) is 5.78 Å². The van der Waals surface area contributed by atoms with Gasteiger partial charge in [-0.2, -0.15) is 37.9 Å². The molecule has 0 aromatic heterocycles. The Kier molecular flexibility index (Phi) is 9.32. The summed E-state index contributed by atoms with van der Waals surface area (Å²) in [5, 5.41) is 2.43. The largest absolute Gasteiger partial charge is 0.368 e. The van der Waals surface area contributed by atoms with Gasteiger partial charge in [0.05, 0.1) is 12.0 Å². The summed E-state index contributed by atoms with van der Waals surface area (Å²) in [6, 6.07) is -1.58. The van der Waals surface area contributed by atoms with E-state index in [1.54, 1.807) is 0 Å². The highest BCUT2D eigenvalue weighted by atomic mass is 32.1. The molecule has 0 heterocycles. The van der Waals surface area contributed by atoms with Gasteiger partial charge in [0, 0.05) is 23.7 Å². The Bertz CT molecular complexity index is 341. The molecule has 110 valence electrons. The van der Waals surface area contributed by atoms with E-state index in [0.717, 1.165) is 0 Å². The molecule has 6 nitrogen and oxygen atoms in total. The minimum absolute atomic E-state index is 0.0465. The summed E-state index contributed by atoms with van der Waals surface area (Å²) in [5.41, 5.74) is 10.6. The highest BCUT2D eigenvalue weighted by molar-refractivity contribution is 7.80. The van der Waals surface area contributed by atoms with Crippen LogP contribution in [-0.4, -0.2) is 46.9 Å². The van der Waals surface area contributed by atoms with E-state index < -0.39 is 29.8 Å². The number of hydrogen-bond acceptors (Lipinski definition) is 7. The van der Waals surface area contributed by atoms with Crippen molar-refractivity contribution in [3.05, 3.63) is 0 Å². The fraction of sp³-hybridized carbons (Fsp3) is 0.700. The number of hydrogen-bond donors (Lipinski definition) is 6. The van der Waals surface area contributed by atoms with Gasteiger partial charge in [-0.1, -0.05) is 0 Å². The van der Waals surface area contributed by atoms with Crippen LogP contribution in [-0.2, 0) is 14.4 Å². The molecule has 0 aromatic rings. The predicted molar refractivity (Wildman–Crippen MR) is 83.8 cm³/mol. The molecular formula is C10H19N3O3S3. The maximum absolute atomic E-state index is 11.9. The third-order valence-corrected chi connectivity index (χ3v) is 3.69. The maximum atomic E-state index is 11.9. The summed E-state index contributed by atoms with van der Waals surface area (Å²) in [4.78, 5) is 34.5. The number of amides is 2. The first-order valence-electron chi connectivity index (χ1n) is 5.57. The molecule has 0 unspecified atom stereocenters. The predicted octanol–water partition coefficient (Wildman–Crippen LogP) is -1.35. The number of rotatable bonds is 9. The average molecular weight is 325 g/mol. The third-order valence-electron chi connectivity index (χ3n) is 2.49. The summed E-state index contributed by atoms with van der Waals surface area (Å²) >= 11 is 11.9. The molecule has 0 aromatic carbocycles. The molecule has 0 saturated carbocycles. The average Bonchev–Trinajstić information content (AvgIpc) is 2.39. The van der Waals surface area contributed by atoms with Crippen molar-refractivity contribution in [2.24, 2.45) is 17.4 Å². The van der Waals surface area contributed by atoms with Gasteiger partial charge in [-0.25, -0.2) is 0 Å². The van der Waals surface area contributed by atoms with E-state index in [2.05, 4.69) is 43.2 Å². The van der Waals surface area contributed by atoms with E-state index in [-0.39, 0.29) is 29.5 Å². The first-order chi connectivity index (χ1) is 8.87. The molecule has 0 bridgehead atoms. The smallest absolute Gasteiger partial charge is 0.240 e. The standard InChI is InChI=1S/C10H19N3O3S3/c11-6(3-18)8(14)1-5(2-17)10(16)13-7(4-19)9(12)15/h5-7,17-19H,1-4,11H2,(H2,12,15)(H,13,16)/t5-,6-,7-/m1/s1. The number of carbonyl (C=O) groups excluding carboxylic acids is 3. The van der Waals surface area contributed by atoms with Crippen molar-refractivity contribution >= 4 is 55.5 Å². The monoisotopic (exact) mass is 325 g/mol. The molecule has 0 radical (unpaired) electrons. The van der Waals surface area contributed by atoms with Crippen molar-refractivity contribution in [2.75, 3.05) is 17.3 Å². The van der Waals surface area contributed by atoms with Crippen molar-refractivity contribution in [3.8, 4) is 0 Å². The van der Waals surface area contributed by atoms with Gasteiger partial charge in [0.2, 0.25) is 11.8 Å². The zero-order valence-corrected chi connectivity index (χ0v) is 13.0. The Morgan fingerprint density at radius 1 is 1.05 bits per heavy atom. The number of ketones is 1. The highest BCUT2D eigenvalue weighted by Crippen LogP contribution is 2.09. The number of primary amides is 1. The van der Waals surface area contributed by atoms with Crippen LogP contribution in [0.15, 0.2) is 0 Å². The van der Waals surface area contributed by atoms with Crippen LogP contribution in [0.2, 0.25) is 0 Å². The second kappa shape index (κ2) is 9.51. The second-order valence-electron chi connectivity index (χ2n) is 3.99. The fourth-order valence-electron chi connectivity index (χ4n) is 1.23. The van der Waals surface area contributed by atoms with E-state index in [4.69, 9.17) is 11.5 Å². The van der Waals surface area contributed by atoms with Gasteiger partial charge < -0.3 is 16.8 Å². The number of Topliss-reactive ketones (excluding diaryl/α,β-unsaturated/α-hetero) is 1. The lowest BCUT2D eigenvalue weighted by atomic mass is 10.00. The minimum atomic E-state index is -0.869. The summed E-state index contributed by atoms with van der Waals surface area (Å²) in [5.74, 6) is -1.62. The molecule has 0 spiro atoms. The van der Waals surface area contributed by atoms with E-state index in [9.17, 15) is 14.4 Å². The molecule has 3 atom stereocenters. The number of thiol groups is 3. The molecule has 0 aliphatic carbocycles. The Balaban J connectivity index is 4.56. The van der Waals surface area contributed by atoms with Gasteiger partial charge in [-0.3, -0.25) is 14.4 Å². The zero-order valence-electron chi connectivity index (χ0n) is 10.3. The molecular weight excluding hydrogens is 306 g/mol. The van der Waals surface area contributed by atoms with Crippen LogP contribution in [0.4, 0.5) is 0 Å². The Labute approximate surface area is 128 Å². The molecule has 0 aliphatic heterocycles. The van der Waals surface area contributed by atoms with E-state index in [1.807, 2.05) is 0 Å². The van der Waals surface area contributed by atoms with Crippen LogP contribution in [0.25, 0.3) is 0 Å². The topological polar surface area (TPSA) is 115 Å². The normalized spacial score (nSPS) is 15.4. The summed E-state index contributed by atoms with van der Waals surface area (Å²) in [6.45, 7) is 0. The Morgan fingerprint density at radius 3 is 2.00 bits per heavy atom. The molecule has 19 heavy (non-hydrogen) atoms. The quantitative estimate of drug-likeness (QED) is 0.294. The number of nitrogens with one attached hydrogen (secondary N) is 1. The molecule has 0 aliphatic rings. The number of nitrogens with two attached hydrogens (primary N) is 2. The van der Waals surface area contributed by atoms with Crippen LogP contribution in [0.5, 0.6) is 0 Å². The maximum Gasteiger partial charge on any atom is 0.240 e. The van der Waals surface area contributed by atoms with E-state index >= 15 is 0 Å². The fourth-order valence-corrected chi connectivity index (χ4v) is 2.00. The first-order valence-corrected chi connectivity index (χ1v) is 7.47. The van der Waals surface area contributed by atoms with Gasteiger partial charge >= 0.3 is 0 Å². The molecule has 5 N–H and O–H groups in total. The lowest BCUT2D eigenvalue weighted by Gasteiger charge is -2.19. The van der Waals surface area contributed by atoms with Crippen LogP contribution in [0.3, 0.4) is 0 Å². The van der Waals surface area contributed by atoms with Crippen LogP contribution in [0.1, 0.15) is 6.42 Å². The van der Waals surface area contributed by atoms with Crippen molar-refractivity contribution in [3.63, 3.8) is 0 Å². The number of carbonyl (C=O) groups is 3. The SMILES string of the molecule is NC(=O)[C@@H](CS)NC(=O)[C@@H](CS)CC(=O)[C@H](N)CS. The van der Waals surface area contributed by atoms with Crippen molar-refractivity contribution in [1.29, 1.82) is 0 Å². The molecule has 9 heteroatoms. The van der Waals surface area contributed by atoms with E-state index in [1.165, 1.54) is 0 Å². The van der Waals surface area contributed by atoms with Crippen LogP contribution in [0, 0.1) is 5.92 Å². The summed E-state index contributed by atoms with van der Waals surface area (Å²) in [6.07, 6.45) is -0.0465. The van der Waals surface area contributed by atoms with Crippen molar-refractivity contribution in [2.45, 2.75) is 18.5 Å². The Morgan fingerprint density at radius 2 is 1.63 bits per heavy atom. The van der Waals surface area contributed by atoms with Crippen molar-refractivity contribution in [1.82, 2.24) is 5.32 Å². The lowest BCUT2D eigenvalue weighted by Crippen LogP contribution is -2.48. The Hall–Kier alpha value is -0.380. The van der Waals surface area contributed by atoms with Gasteiger partial charge in [0.25, 0.3) is 0 Å². The second-order valence-corrected chi connectivity index (χ2v) is 5.08. The molecule has 0 rings (SSSR count). The highest BCUT2D eigenvalue weighted by Gasteiger charge is 2.26. The molecule has 2 amide bonds. The summed E-state index contributed by atoms with van der Waals surface area (Å²) in [7, 11) is 0.